The van der Waals surface area contributed by atoms with Crippen molar-refractivity contribution in [1.29, 1.82) is 0 Å². The van der Waals surface area contributed by atoms with Crippen molar-refractivity contribution >= 4 is 21.6 Å². The highest BCUT2D eigenvalue weighted by atomic mass is 79.9. The van der Waals surface area contributed by atoms with Crippen LogP contribution in [0.5, 0.6) is 0 Å². The predicted molar refractivity (Wildman–Crippen MR) is 64.0 cm³/mol. The Morgan fingerprint density at radius 2 is 2.27 bits per heavy atom. The van der Waals surface area contributed by atoms with Crippen molar-refractivity contribution in [3.63, 3.8) is 0 Å². The number of ether oxygens (including phenoxy) is 1. The van der Waals surface area contributed by atoms with E-state index in [4.69, 9.17) is 10.5 Å². The Morgan fingerprint density at radius 3 is 2.87 bits per heavy atom. The number of aromatic nitrogens is 1. The molecule has 0 aromatic carbocycles. The summed E-state index contributed by atoms with van der Waals surface area (Å²) in [6, 6.07) is 0. The molecular formula is C10H15BrN2O2. The van der Waals surface area contributed by atoms with E-state index in [0.29, 0.717) is 23.3 Å². The van der Waals surface area contributed by atoms with Crippen molar-refractivity contribution in [2.75, 3.05) is 19.5 Å². The van der Waals surface area contributed by atoms with Crippen LogP contribution in [0.15, 0.2) is 15.5 Å². The topological polar surface area (TPSA) is 57.2 Å². The van der Waals surface area contributed by atoms with Crippen LogP contribution < -0.4 is 11.3 Å². The first-order valence-corrected chi connectivity index (χ1v) is 5.51. The van der Waals surface area contributed by atoms with Gasteiger partial charge in [0.2, 0.25) is 0 Å². The maximum absolute atomic E-state index is 11.8. The summed E-state index contributed by atoms with van der Waals surface area (Å²) in [6.45, 7) is 3.08. The first-order chi connectivity index (χ1) is 7.07. The zero-order chi connectivity index (χ0) is 11.4. The van der Waals surface area contributed by atoms with Crippen LogP contribution in [0.2, 0.25) is 0 Å². The minimum atomic E-state index is -0.0437. The van der Waals surface area contributed by atoms with Crippen molar-refractivity contribution in [3.8, 4) is 0 Å². The maximum atomic E-state index is 11.8. The van der Waals surface area contributed by atoms with Crippen LogP contribution in [0.3, 0.4) is 0 Å². The largest absolute Gasteiger partial charge is 0.397 e. The van der Waals surface area contributed by atoms with Gasteiger partial charge in [0.25, 0.3) is 5.56 Å². The molecule has 5 heteroatoms. The van der Waals surface area contributed by atoms with Crippen LogP contribution in [0, 0.1) is 6.92 Å². The quantitative estimate of drug-likeness (QED) is 0.848. The summed E-state index contributed by atoms with van der Waals surface area (Å²) < 4.78 is 7.07. The molecule has 4 nitrogen and oxygen atoms in total. The fourth-order valence-electron chi connectivity index (χ4n) is 1.28. The van der Waals surface area contributed by atoms with E-state index < -0.39 is 0 Å². The Hall–Kier alpha value is -0.810. The SMILES string of the molecule is COCCCn1cc(N)c(C)c(Br)c1=O. The summed E-state index contributed by atoms with van der Waals surface area (Å²) in [5.74, 6) is 0. The summed E-state index contributed by atoms with van der Waals surface area (Å²) in [5, 5.41) is 0. The molecule has 0 atom stereocenters. The van der Waals surface area contributed by atoms with Crippen molar-refractivity contribution in [2.45, 2.75) is 19.9 Å². The molecule has 0 bridgehead atoms. The number of aryl methyl sites for hydroxylation is 1. The van der Waals surface area contributed by atoms with Crippen LogP contribution in [0.1, 0.15) is 12.0 Å². The van der Waals surface area contributed by atoms with Gasteiger partial charge < -0.3 is 15.0 Å². The monoisotopic (exact) mass is 274 g/mol. The Labute approximate surface area is 97.2 Å². The number of anilines is 1. The van der Waals surface area contributed by atoms with Crippen molar-refractivity contribution in [1.82, 2.24) is 4.57 Å². The summed E-state index contributed by atoms with van der Waals surface area (Å²) in [4.78, 5) is 11.8. The highest BCUT2D eigenvalue weighted by molar-refractivity contribution is 9.10. The lowest BCUT2D eigenvalue weighted by Gasteiger charge is -2.09. The lowest BCUT2D eigenvalue weighted by Crippen LogP contribution is -2.22. The van der Waals surface area contributed by atoms with Gasteiger partial charge in [-0.05, 0) is 34.8 Å². The lowest BCUT2D eigenvalue weighted by atomic mass is 10.2. The minimum Gasteiger partial charge on any atom is -0.397 e. The third-order valence-corrected chi connectivity index (χ3v) is 3.19. The molecule has 1 heterocycles. The summed E-state index contributed by atoms with van der Waals surface area (Å²) in [7, 11) is 1.64. The first-order valence-electron chi connectivity index (χ1n) is 4.72. The van der Waals surface area contributed by atoms with E-state index in [1.165, 1.54) is 0 Å². The third kappa shape index (κ3) is 2.82. The van der Waals surface area contributed by atoms with Crippen LogP contribution in [0.25, 0.3) is 0 Å². The molecule has 0 spiro atoms. The van der Waals surface area contributed by atoms with Gasteiger partial charge in [0, 0.05) is 26.5 Å². The van der Waals surface area contributed by atoms with Gasteiger partial charge in [-0.25, -0.2) is 0 Å². The van der Waals surface area contributed by atoms with E-state index >= 15 is 0 Å². The third-order valence-electron chi connectivity index (χ3n) is 2.25. The van der Waals surface area contributed by atoms with Gasteiger partial charge in [-0.1, -0.05) is 0 Å². The van der Waals surface area contributed by atoms with E-state index in [9.17, 15) is 4.79 Å². The van der Waals surface area contributed by atoms with Gasteiger partial charge in [0.1, 0.15) is 0 Å². The summed E-state index contributed by atoms with van der Waals surface area (Å²) >= 11 is 3.25. The fourth-order valence-corrected chi connectivity index (χ4v) is 1.74. The molecule has 0 fully saturated rings. The number of nitrogens with zero attached hydrogens (tertiary/aromatic N) is 1. The molecule has 1 aromatic heterocycles. The molecule has 0 aliphatic rings. The second kappa shape index (κ2) is 5.32. The van der Waals surface area contributed by atoms with E-state index in [1.54, 1.807) is 17.9 Å². The van der Waals surface area contributed by atoms with Crippen LogP contribution in [0.4, 0.5) is 5.69 Å². The lowest BCUT2D eigenvalue weighted by molar-refractivity contribution is 0.190. The highest BCUT2D eigenvalue weighted by Gasteiger charge is 2.07. The van der Waals surface area contributed by atoms with Crippen molar-refractivity contribution < 1.29 is 4.74 Å². The number of nitrogens with two attached hydrogens (primary N) is 1. The number of halogens is 1. The van der Waals surface area contributed by atoms with Gasteiger partial charge in [0.05, 0.1) is 10.2 Å². The zero-order valence-corrected chi connectivity index (χ0v) is 10.5. The average Bonchev–Trinajstić information content (AvgIpc) is 2.23. The molecule has 84 valence electrons. The van der Waals surface area contributed by atoms with E-state index in [2.05, 4.69) is 15.9 Å². The van der Waals surface area contributed by atoms with Crippen LogP contribution in [-0.2, 0) is 11.3 Å². The summed E-state index contributed by atoms with van der Waals surface area (Å²) in [6.07, 6.45) is 2.48. The van der Waals surface area contributed by atoms with Gasteiger partial charge in [-0.2, -0.15) is 0 Å². The molecule has 0 radical (unpaired) electrons. The molecule has 0 aliphatic carbocycles. The highest BCUT2D eigenvalue weighted by Crippen LogP contribution is 2.16. The Bertz CT molecular complexity index is 401. The molecular weight excluding hydrogens is 260 g/mol. The normalized spacial score (nSPS) is 10.6. The molecule has 1 rings (SSSR count). The van der Waals surface area contributed by atoms with Crippen LogP contribution >= 0.6 is 15.9 Å². The van der Waals surface area contributed by atoms with Gasteiger partial charge >= 0.3 is 0 Å². The first kappa shape index (κ1) is 12.3. The molecule has 0 aliphatic heterocycles. The standard InChI is InChI=1S/C10H15BrN2O2/c1-7-8(12)6-13(4-3-5-15-2)10(14)9(7)11/h6H,3-5,12H2,1-2H3. The number of pyridine rings is 1. The number of methoxy groups -OCH3 is 1. The van der Waals surface area contributed by atoms with Gasteiger partial charge in [-0.15, -0.1) is 0 Å². The zero-order valence-electron chi connectivity index (χ0n) is 8.92. The molecule has 2 N–H and O–H groups in total. The molecule has 0 saturated heterocycles. The van der Waals surface area contributed by atoms with E-state index in [0.717, 1.165) is 12.0 Å². The number of nitrogen functional groups attached to an aromatic ring is 1. The maximum Gasteiger partial charge on any atom is 0.265 e. The van der Waals surface area contributed by atoms with Crippen molar-refractivity contribution in [3.05, 3.63) is 26.6 Å². The summed E-state index contributed by atoms with van der Waals surface area (Å²) in [5.41, 5.74) is 7.15. The van der Waals surface area contributed by atoms with Gasteiger partial charge in [-0.3, -0.25) is 4.79 Å². The number of rotatable bonds is 4. The second-order valence-electron chi connectivity index (χ2n) is 3.37. The molecule has 0 unspecified atom stereocenters. The molecule has 1 aromatic rings. The molecule has 0 amide bonds. The number of hydrogen-bond acceptors (Lipinski definition) is 3. The predicted octanol–water partition coefficient (Wildman–Crippen LogP) is 1.54. The average molecular weight is 275 g/mol. The fraction of sp³-hybridized carbons (Fsp3) is 0.500. The molecule has 15 heavy (non-hydrogen) atoms. The smallest absolute Gasteiger partial charge is 0.265 e. The Kier molecular flexibility index (Phi) is 4.35. The van der Waals surface area contributed by atoms with Crippen molar-refractivity contribution in [2.24, 2.45) is 0 Å². The van der Waals surface area contributed by atoms with Crippen LogP contribution in [-0.4, -0.2) is 18.3 Å². The van der Waals surface area contributed by atoms with Gasteiger partial charge in [0.15, 0.2) is 0 Å². The second-order valence-corrected chi connectivity index (χ2v) is 4.16. The number of hydrogen-bond donors (Lipinski definition) is 1. The molecule has 0 saturated carbocycles. The Balaban J connectivity index is 2.94. The Morgan fingerprint density at radius 1 is 1.60 bits per heavy atom. The van der Waals surface area contributed by atoms with E-state index in [1.807, 2.05) is 6.92 Å². The van der Waals surface area contributed by atoms with E-state index in [-0.39, 0.29) is 5.56 Å². The minimum absolute atomic E-state index is 0.0437.